The summed E-state index contributed by atoms with van der Waals surface area (Å²) in [6.45, 7) is 2.47. The Morgan fingerprint density at radius 2 is 2.47 bits per heavy atom. The SMILES string of the molecule is CCCC[C@H]1C=C[C@H](OC(=O)NO)CO1. The molecule has 0 aromatic heterocycles. The van der Waals surface area contributed by atoms with Gasteiger partial charge in [-0.2, -0.15) is 0 Å². The van der Waals surface area contributed by atoms with Crippen molar-refractivity contribution >= 4 is 6.09 Å². The fourth-order valence-electron chi connectivity index (χ4n) is 1.40. The fraction of sp³-hybridized carbons (Fsp3) is 0.700. The number of unbranched alkanes of at least 4 members (excludes halogenated alkanes) is 1. The van der Waals surface area contributed by atoms with Crippen LogP contribution >= 0.6 is 0 Å². The van der Waals surface area contributed by atoms with Crippen LogP contribution in [0.25, 0.3) is 0 Å². The first-order valence-electron chi connectivity index (χ1n) is 5.17. The predicted octanol–water partition coefficient (Wildman–Crippen LogP) is 1.62. The number of amides is 1. The standard InChI is InChI=1S/C10H17NO4/c1-2-3-4-8-5-6-9(7-14-8)15-10(12)11-13/h5-6,8-9,13H,2-4,7H2,1H3,(H,11,12)/t8-,9-/m0/s1. The summed E-state index contributed by atoms with van der Waals surface area (Å²) < 4.78 is 10.2. The van der Waals surface area contributed by atoms with Crippen LogP contribution in [0.4, 0.5) is 4.79 Å². The van der Waals surface area contributed by atoms with Gasteiger partial charge in [-0.25, -0.2) is 10.3 Å². The van der Waals surface area contributed by atoms with Gasteiger partial charge in [-0.1, -0.05) is 25.8 Å². The van der Waals surface area contributed by atoms with Gasteiger partial charge in [0.1, 0.15) is 6.10 Å². The minimum atomic E-state index is -0.861. The van der Waals surface area contributed by atoms with Crippen LogP contribution in [0.3, 0.4) is 0 Å². The van der Waals surface area contributed by atoms with E-state index in [0.29, 0.717) is 6.61 Å². The van der Waals surface area contributed by atoms with Crippen LogP contribution in [0.2, 0.25) is 0 Å². The molecule has 1 aliphatic heterocycles. The molecule has 0 unspecified atom stereocenters. The summed E-state index contributed by atoms with van der Waals surface area (Å²) in [6.07, 6.45) is 5.80. The highest BCUT2D eigenvalue weighted by Crippen LogP contribution is 2.13. The van der Waals surface area contributed by atoms with E-state index in [1.807, 2.05) is 6.08 Å². The molecule has 5 nitrogen and oxygen atoms in total. The highest BCUT2D eigenvalue weighted by molar-refractivity contribution is 5.65. The molecule has 1 amide bonds. The van der Waals surface area contributed by atoms with Crippen LogP contribution in [-0.2, 0) is 9.47 Å². The molecule has 15 heavy (non-hydrogen) atoms. The first kappa shape index (κ1) is 12.0. The number of carbonyl (C=O) groups is 1. The Labute approximate surface area is 89.0 Å². The van der Waals surface area contributed by atoms with Gasteiger partial charge in [0, 0.05) is 0 Å². The second-order valence-electron chi connectivity index (χ2n) is 3.45. The number of hydrogen-bond donors (Lipinski definition) is 2. The Kier molecular flexibility index (Phi) is 5.14. The number of hydrogen-bond acceptors (Lipinski definition) is 4. The third-order valence-electron chi connectivity index (χ3n) is 2.21. The van der Waals surface area contributed by atoms with Crippen molar-refractivity contribution in [1.82, 2.24) is 5.48 Å². The first-order valence-corrected chi connectivity index (χ1v) is 5.17. The average molecular weight is 215 g/mol. The summed E-state index contributed by atoms with van der Waals surface area (Å²) in [5, 5.41) is 8.24. The maximum atomic E-state index is 10.7. The summed E-state index contributed by atoms with van der Waals surface area (Å²) in [5.41, 5.74) is 1.41. The molecule has 0 saturated heterocycles. The largest absolute Gasteiger partial charge is 0.438 e. The molecule has 1 rings (SSSR count). The van der Waals surface area contributed by atoms with E-state index in [4.69, 9.17) is 14.7 Å². The zero-order chi connectivity index (χ0) is 11.1. The monoisotopic (exact) mass is 215 g/mol. The molecular formula is C10H17NO4. The van der Waals surface area contributed by atoms with E-state index in [1.54, 1.807) is 6.08 Å². The summed E-state index contributed by atoms with van der Waals surface area (Å²) in [5.74, 6) is 0. The van der Waals surface area contributed by atoms with E-state index in [0.717, 1.165) is 19.3 Å². The lowest BCUT2D eigenvalue weighted by Gasteiger charge is -2.23. The van der Waals surface area contributed by atoms with Gasteiger partial charge >= 0.3 is 6.09 Å². The number of hydroxylamine groups is 1. The van der Waals surface area contributed by atoms with Crippen molar-refractivity contribution in [2.24, 2.45) is 0 Å². The molecular weight excluding hydrogens is 198 g/mol. The van der Waals surface area contributed by atoms with E-state index < -0.39 is 12.2 Å². The van der Waals surface area contributed by atoms with Gasteiger partial charge in [0.05, 0.1) is 12.7 Å². The van der Waals surface area contributed by atoms with Crippen molar-refractivity contribution in [3.8, 4) is 0 Å². The molecule has 0 bridgehead atoms. The molecule has 0 fully saturated rings. The summed E-state index contributed by atoms with van der Waals surface area (Å²) in [6, 6.07) is 0. The zero-order valence-electron chi connectivity index (χ0n) is 8.81. The van der Waals surface area contributed by atoms with Crippen molar-refractivity contribution in [2.75, 3.05) is 6.61 Å². The van der Waals surface area contributed by atoms with E-state index in [-0.39, 0.29) is 6.10 Å². The fourth-order valence-corrected chi connectivity index (χ4v) is 1.40. The van der Waals surface area contributed by atoms with Gasteiger partial charge in [-0.05, 0) is 12.5 Å². The molecule has 1 aliphatic rings. The highest BCUT2D eigenvalue weighted by atomic mass is 16.6. The van der Waals surface area contributed by atoms with Gasteiger partial charge in [0.2, 0.25) is 0 Å². The normalized spacial score (nSPS) is 24.9. The topological polar surface area (TPSA) is 67.8 Å². The molecule has 1 heterocycles. The van der Waals surface area contributed by atoms with Crippen LogP contribution in [-0.4, -0.2) is 30.1 Å². The molecule has 0 spiro atoms. The molecule has 0 radical (unpaired) electrons. The van der Waals surface area contributed by atoms with Crippen molar-refractivity contribution in [2.45, 2.75) is 38.4 Å². The lowest BCUT2D eigenvalue weighted by molar-refractivity contribution is -0.00771. The minimum absolute atomic E-state index is 0.127. The lowest BCUT2D eigenvalue weighted by Crippen LogP contribution is -2.32. The quantitative estimate of drug-likeness (QED) is 0.425. The van der Waals surface area contributed by atoms with Crippen LogP contribution in [0.15, 0.2) is 12.2 Å². The van der Waals surface area contributed by atoms with Crippen molar-refractivity contribution in [3.63, 3.8) is 0 Å². The van der Waals surface area contributed by atoms with Crippen molar-refractivity contribution < 1.29 is 19.5 Å². The van der Waals surface area contributed by atoms with Crippen LogP contribution in [0.5, 0.6) is 0 Å². The molecule has 2 atom stereocenters. The Balaban J connectivity index is 2.28. The molecule has 0 saturated carbocycles. The molecule has 0 aromatic carbocycles. The predicted molar refractivity (Wildman–Crippen MR) is 53.6 cm³/mol. The van der Waals surface area contributed by atoms with E-state index in [9.17, 15) is 4.79 Å². The van der Waals surface area contributed by atoms with Gasteiger partial charge < -0.3 is 9.47 Å². The third kappa shape index (κ3) is 4.31. The van der Waals surface area contributed by atoms with Crippen molar-refractivity contribution in [3.05, 3.63) is 12.2 Å². The summed E-state index contributed by atoms with van der Waals surface area (Å²) in [4.78, 5) is 10.7. The third-order valence-corrected chi connectivity index (χ3v) is 2.21. The Morgan fingerprint density at radius 1 is 1.67 bits per heavy atom. The molecule has 0 aliphatic carbocycles. The smallest absolute Gasteiger partial charge is 0.431 e. The molecule has 86 valence electrons. The zero-order valence-corrected chi connectivity index (χ0v) is 8.81. The van der Waals surface area contributed by atoms with Gasteiger partial charge in [0.15, 0.2) is 0 Å². The lowest BCUT2D eigenvalue weighted by atomic mass is 10.1. The van der Waals surface area contributed by atoms with Gasteiger partial charge in [0.25, 0.3) is 0 Å². The molecule has 5 heteroatoms. The van der Waals surface area contributed by atoms with E-state index >= 15 is 0 Å². The average Bonchev–Trinajstić information content (AvgIpc) is 2.28. The summed E-state index contributed by atoms with van der Waals surface area (Å²) >= 11 is 0. The Bertz CT molecular complexity index is 229. The minimum Gasteiger partial charge on any atom is -0.438 e. The first-order chi connectivity index (χ1) is 7.26. The van der Waals surface area contributed by atoms with E-state index in [1.165, 1.54) is 5.48 Å². The van der Waals surface area contributed by atoms with Crippen LogP contribution < -0.4 is 5.48 Å². The number of ether oxygens (including phenoxy) is 2. The van der Waals surface area contributed by atoms with Crippen LogP contribution in [0.1, 0.15) is 26.2 Å². The number of nitrogens with one attached hydrogen (secondary N) is 1. The maximum absolute atomic E-state index is 10.7. The second-order valence-corrected chi connectivity index (χ2v) is 3.45. The highest BCUT2D eigenvalue weighted by Gasteiger charge is 2.18. The Morgan fingerprint density at radius 3 is 3.00 bits per heavy atom. The van der Waals surface area contributed by atoms with Crippen LogP contribution in [0, 0.1) is 0 Å². The van der Waals surface area contributed by atoms with Gasteiger partial charge in [-0.15, -0.1) is 0 Å². The number of carbonyl (C=O) groups excluding carboxylic acids is 1. The van der Waals surface area contributed by atoms with Crippen molar-refractivity contribution in [1.29, 1.82) is 0 Å². The van der Waals surface area contributed by atoms with E-state index in [2.05, 4.69) is 6.92 Å². The number of rotatable bonds is 4. The maximum Gasteiger partial charge on any atom is 0.431 e. The molecule has 0 aromatic rings. The molecule has 2 N–H and O–H groups in total. The summed E-state index contributed by atoms with van der Waals surface area (Å²) in [7, 11) is 0. The Hall–Kier alpha value is -1.07. The second kappa shape index (κ2) is 6.42. The van der Waals surface area contributed by atoms with Gasteiger partial charge in [-0.3, -0.25) is 5.21 Å².